The minimum Gasteiger partial charge on any atom is -0.378 e. The lowest BCUT2D eigenvalue weighted by Crippen LogP contribution is -2.06. The van der Waals surface area contributed by atoms with E-state index in [2.05, 4.69) is 46.7 Å². The molecule has 0 spiro atoms. The highest BCUT2D eigenvalue weighted by Gasteiger charge is 2.07. The predicted molar refractivity (Wildman–Crippen MR) is 83.0 cm³/mol. The molecule has 1 aromatic carbocycles. The van der Waals surface area contributed by atoms with Crippen LogP contribution in [0.25, 0.3) is 0 Å². The molecule has 1 atom stereocenters. The summed E-state index contributed by atoms with van der Waals surface area (Å²) < 4.78 is 3.74. The minimum absolute atomic E-state index is 0.221. The van der Waals surface area contributed by atoms with E-state index in [1.165, 1.54) is 11.1 Å². The molecule has 5 nitrogen and oxygen atoms in total. The van der Waals surface area contributed by atoms with Crippen molar-refractivity contribution >= 4 is 5.69 Å². The van der Waals surface area contributed by atoms with Gasteiger partial charge in [-0.2, -0.15) is 10.2 Å². The third-order valence-corrected chi connectivity index (χ3v) is 3.44. The Bertz CT molecular complexity index is 699. The van der Waals surface area contributed by atoms with Crippen molar-refractivity contribution in [2.45, 2.75) is 19.5 Å². The summed E-state index contributed by atoms with van der Waals surface area (Å²) in [6.07, 6.45) is 7.70. The molecule has 0 saturated heterocycles. The van der Waals surface area contributed by atoms with Crippen LogP contribution in [0.4, 0.5) is 5.69 Å². The van der Waals surface area contributed by atoms with Crippen molar-refractivity contribution in [3.63, 3.8) is 0 Å². The van der Waals surface area contributed by atoms with E-state index in [4.69, 9.17) is 0 Å². The Balaban J connectivity index is 1.71. The van der Waals surface area contributed by atoms with Gasteiger partial charge in [0.25, 0.3) is 0 Å². The van der Waals surface area contributed by atoms with Gasteiger partial charge in [-0.1, -0.05) is 12.1 Å². The molecule has 3 rings (SSSR count). The average Bonchev–Trinajstić information content (AvgIpc) is 3.11. The largest absolute Gasteiger partial charge is 0.378 e. The number of anilines is 1. The minimum atomic E-state index is 0.221. The summed E-state index contributed by atoms with van der Waals surface area (Å²) in [5.74, 6) is 0. The molecule has 0 aliphatic rings. The lowest BCUT2D eigenvalue weighted by molar-refractivity contribution is 0.687. The monoisotopic (exact) mass is 281 g/mol. The fourth-order valence-electron chi connectivity index (χ4n) is 2.34. The smallest absolute Gasteiger partial charge is 0.0660 e. The zero-order valence-electron chi connectivity index (χ0n) is 12.3. The third-order valence-electron chi connectivity index (χ3n) is 3.44. The Morgan fingerprint density at radius 2 is 2.14 bits per heavy atom. The number of nitrogens with zero attached hydrogens (tertiary/aromatic N) is 4. The van der Waals surface area contributed by atoms with E-state index in [9.17, 15) is 0 Å². The molecule has 0 radical (unpaired) electrons. The number of aromatic nitrogens is 4. The maximum absolute atomic E-state index is 4.24. The number of hydrogen-bond acceptors (Lipinski definition) is 3. The van der Waals surface area contributed by atoms with Gasteiger partial charge in [-0.3, -0.25) is 9.36 Å². The molecule has 2 aromatic heterocycles. The van der Waals surface area contributed by atoms with Crippen LogP contribution in [-0.2, 0) is 13.6 Å². The normalized spacial score (nSPS) is 12.3. The van der Waals surface area contributed by atoms with Gasteiger partial charge in [-0.25, -0.2) is 0 Å². The Labute approximate surface area is 124 Å². The van der Waals surface area contributed by atoms with Gasteiger partial charge < -0.3 is 5.32 Å². The summed E-state index contributed by atoms with van der Waals surface area (Å²) in [4.78, 5) is 0. The Morgan fingerprint density at radius 1 is 1.24 bits per heavy atom. The third kappa shape index (κ3) is 3.31. The number of benzene rings is 1. The first kappa shape index (κ1) is 13.4. The van der Waals surface area contributed by atoms with Crippen molar-refractivity contribution in [1.82, 2.24) is 19.6 Å². The van der Waals surface area contributed by atoms with Crippen molar-refractivity contribution in [1.29, 1.82) is 0 Å². The van der Waals surface area contributed by atoms with Gasteiger partial charge >= 0.3 is 0 Å². The van der Waals surface area contributed by atoms with Crippen LogP contribution >= 0.6 is 0 Å². The van der Waals surface area contributed by atoms with E-state index in [1.54, 1.807) is 6.20 Å². The summed E-state index contributed by atoms with van der Waals surface area (Å²) in [7, 11) is 1.93. The van der Waals surface area contributed by atoms with Crippen molar-refractivity contribution in [2.75, 3.05) is 5.32 Å². The fourth-order valence-corrected chi connectivity index (χ4v) is 2.34. The van der Waals surface area contributed by atoms with Gasteiger partial charge in [0, 0.05) is 36.9 Å². The van der Waals surface area contributed by atoms with Crippen LogP contribution in [0, 0.1) is 0 Å². The van der Waals surface area contributed by atoms with Crippen LogP contribution in [0.3, 0.4) is 0 Å². The number of nitrogens with one attached hydrogen (secondary N) is 1. The quantitative estimate of drug-likeness (QED) is 0.782. The lowest BCUT2D eigenvalue weighted by Gasteiger charge is -2.14. The van der Waals surface area contributed by atoms with Crippen LogP contribution in [0.1, 0.15) is 24.1 Å². The number of hydrogen-bond donors (Lipinski definition) is 1. The fraction of sp³-hybridized carbons (Fsp3) is 0.250. The van der Waals surface area contributed by atoms with Gasteiger partial charge in [0.1, 0.15) is 0 Å². The number of aryl methyl sites for hydroxylation is 1. The highest BCUT2D eigenvalue weighted by atomic mass is 15.3. The molecule has 1 N–H and O–H groups in total. The first-order chi connectivity index (χ1) is 10.2. The Kier molecular flexibility index (Phi) is 3.73. The maximum atomic E-state index is 4.24. The molecule has 21 heavy (non-hydrogen) atoms. The number of rotatable bonds is 5. The second-order valence-corrected chi connectivity index (χ2v) is 5.22. The van der Waals surface area contributed by atoms with E-state index in [0.29, 0.717) is 0 Å². The van der Waals surface area contributed by atoms with Crippen molar-refractivity contribution in [3.8, 4) is 0 Å². The highest BCUT2D eigenvalue weighted by Crippen LogP contribution is 2.19. The molecule has 0 aliphatic heterocycles. The topological polar surface area (TPSA) is 47.7 Å². The molecule has 2 heterocycles. The standard InChI is InChI=1S/C16H19N5/c1-13(15-10-18-20(2)12-15)19-16-6-3-5-14(9-16)11-21-8-4-7-17-21/h3-10,12-13,19H,11H2,1-2H3. The van der Waals surface area contributed by atoms with Crippen molar-refractivity contribution < 1.29 is 0 Å². The van der Waals surface area contributed by atoms with Crippen LogP contribution in [0.2, 0.25) is 0 Å². The summed E-state index contributed by atoms with van der Waals surface area (Å²) in [5.41, 5.74) is 3.51. The average molecular weight is 281 g/mol. The van der Waals surface area contributed by atoms with Crippen molar-refractivity contribution in [3.05, 3.63) is 66.2 Å². The van der Waals surface area contributed by atoms with Crippen molar-refractivity contribution in [2.24, 2.45) is 7.05 Å². The van der Waals surface area contributed by atoms with Crippen LogP contribution in [-0.4, -0.2) is 19.6 Å². The van der Waals surface area contributed by atoms with Gasteiger partial charge in [-0.15, -0.1) is 0 Å². The zero-order valence-corrected chi connectivity index (χ0v) is 12.3. The lowest BCUT2D eigenvalue weighted by atomic mass is 10.1. The summed E-state index contributed by atoms with van der Waals surface area (Å²) >= 11 is 0. The van der Waals surface area contributed by atoms with E-state index in [1.807, 2.05) is 41.1 Å². The molecular formula is C16H19N5. The second kappa shape index (κ2) is 5.83. The molecule has 0 fully saturated rings. The predicted octanol–water partition coefficient (Wildman–Crippen LogP) is 2.84. The molecule has 108 valence electrons. The Morgan fingerprint density at radius 3 is 2.86 bits per heavy atom. The van der Waals surface area contributed by atoms with E-state index in [-0.39, 0.29) is 6.04 Å². The molecule has 0 saturated carbocycles. The summed E-state index contributed by atoms with van der Waals surface area (Å²) in [5, 5.41) is 12.0. The van der Waals surface area contributed by atoms with Gasteiger partial charge in [0.2, 0.25) is 0 Å². The zero-order chi connectivity index (χ0) is 14.7. The molecule has 0 amide bonds. The molecular weight excluding hydrogens is 262 g/mol. The van der Waals surface area contributed by atoms with E-state index < -0.39 is 0 Å². The molecule has 3 aromatic rings. The highest BCUT2D eigenvalue weighted by molar-refractivity contribution is 5.47. The van der Waals surface area contributed by atoms with Crippen LogP contribution in [0.15, 0.2) is 55.1 Å². The molecule has 1 unspecified atom stereocenters. The van der Waals surface area contributed by atoms with Gasteiger partial charge in [-0.05, 0) is 30.7 Å². The molecule has 0 aliphatic carbocycles. The Hall–Kier alpha value is -2.56. The van der Waals surface area contributed by atoms with E-state index >= 15 is 0 Å². The van der Waals surface area contributed by atoms with Crippen LogP contribution < -0.4 is 5.32 Å². The maximum Gasteiger partial charge on any atom is 0.0660 e. The van der Waals surface area contributed by atoms with Crippen LogP contribution in [0.5, 0.6) is 0 Å². The summed E-state index contributed by atoms with van der Waals surface area (Å²) in [6.45, 7) is 2.92. The molecule has 5 heteroatoms. The van der Waals surface area contributed by atoms with E-state index in [0.717, 1.165) is 12.2 Å². The first-order valence-electron chi connectivity index (χ1n) is 7.02. The SMILES string of the molecule is CC(Nc1cccc(Cn2cccn2)c1)c1cnn(C)c1. The molecule has 0 bridgehead atoms. The first-order valence-corrected chi connectivity index (χ1v) is 7.02. The summed E-state index contributed by atoms with van der Waals surface area (Å²) in [6, 6.07) is 10.6. The second-order valence-electron chi connectivity index (χ2n) is 5.22. The van der Waals surface area contributed by atoms with Gasteiger partial charge in [0.05, 0.1) is 18.8 Å². The van der Waals surface area contributed by atoms with Gasteiger partial charge in [0.15, 0.2) is 0 Å².